The Bertz CT molecular complexity index is 2080. The van der Waals surface area contributed by atoms with E-state index < -0.39 is 23.9 Å². The van der Waals surface area contributed by atoms with Crippen molar-refractivity contribution in [1.29, 1.82) is 0 Å². The van der Waals surface area contributed by atoms with E-state index in [-0.39, 0.29) is 20.4 Å². The number of carbonyl (C=O) groups is 3. The number of hydrogen-bond acceptors (Lipinski definition) is 7. The molecule has 0 spiro atoms. The average molecular weight is 767 g/mol. The molecule has 0 bridgehead atoms. The molecule has 2 unspecified atom stereocenters. The van der Waals surface area contributed by atoms with Crippen molar-refractivity contribution in [2.24, 2.45) is 5.41 Å². The number of fused-ring (bicyclic) bond motifs is 4. The number of thioether (sulfide) groups is 2. The highest BCUT2D eigenvalue weighted by molar-refractivity contribution is 8.26. The SMILES string of the molecule is C#CC1=C(/C=C\C(=C)SC(C)(C)CCC(C)(C)C(=O)O)c2ccc(N3c4ccc(/C=C5\SC(=S)N(CC(=O)O)C5=O)cc4C4CCCC43)cc2C1(C)C. The second-order valence-corrected chi connectivity index (χ2v) is 19.6. The van der Waals surface area contributed by atoms with Crippen molar-refractivity contribution in [2.45, 2.75) is 95.8 Å². The number of amides is 1. The minimum atomic E-state index is -1.10. The lowest BCUT2D eigenvalue weighted by Gasteiger charge is -2.29. The third-order valence-electron chi connectivity index (χ3n) is 11.0. The van der Waals surface area contributed by atoms with Crippen LogP contribution in [0.2, 0.25) is 0 Å². The van der Waals surface area contributed by atoms with E-state index in [0.717, 1.165) is 75.2 Å². The predicted molar refractivity (Wildman–Crippen MR) is 222 cm³/mol. The highest BCUT2D eigenvalue weighted by Gasteiger charge is 2.44. The maximum Gasteiger partial charge on any atom is 0.323 e. The summed E-state index contributed by atoms with van der Waals surface area (Å²) in [5.74, 6) is 1.12. The van der Waals surface area contributed by atoms with Crippen molar-refractivity contribution in [3.8, 4) is 12.3 Å². The number of allylic oxidation sites excluding steroid dienone is 4. The van der Waals surface area contributed by atoms with Gasteiger partial charge in [0.2, 0.25) is 0 Å². The van der Waals surface area contributed by atoms with Crippen LogP contribution in [0.25, 0.3) is 11.6 Å². The van der Waals surface area contributed by atoms with E-state index in [1.165, 1.54) is 16.8 Å². The van der Waals surface area contributed by atoms with Gasteiger partial charge in [0, 0.05) is 44.0 Å². The topological polar surface area (TPSA) is 98.2 Å². The molecule has 53 heavy (non-hydrogen) atoms. The minimum absolute atomic E-state index is 0.190. The molecule has 1 saturated heterocycles. The van der Waals surface area contributed by atoms with Gasteiger partial charge in [-0.15, -0.1) is 18.2 Å². The minimum Gasteiger partial charge on any atom is -0.481 e. The van der Waals surface area contributed by atoms with Gasteiger partial charge < -0.3 is 15.1 Å². The number of nitrogens with zero attached hydrogens (tertiary/aromatic N) is 2. The lowest BCUT2D eigenvalue weighted by atomic mass is 9.81. The fourth-order valence-electron chi connectivity index (χ4n) is 8.03. The standard InChI is InChI=1S/C43H46N2O5S3/c1-9-32-28(16-13-25(2)53-42(5,6)20-19-41(3,4)39(49)50)29-17-15-27(23-33(29)43(32,7)8)45-34-12-10-11-30(34)31-21-26(14-18-35(31)45)22-36-38(48)44(24-37(46)47)40(51)52-36/h1,13-18,21-23,30,34H,2,10-12,19-20,24H2,3-8H3,(H,46,47)(H,49,50)/b16-13-,36-22-. The summed E-state index contributed by atoms with van der Waals surface area (Å²) < 4.78 is 0.0687. The van der Waals surface area contributed by atoms with E-state index in [4.69, 9.17) is 18.6 Å². The third-order valence-corrected chi connectivity index (χ3v) is 13.6. The normalized spacial score (nSPS) is 21.4. The van der Waals surface area contributed by atoms with Gasteiger partial charge in [-0.05, 0) is 104 Å². The molecule has 276 valence electrons. The van der Waals surface area contributed by atoms with E-state index >= 15 is 0 Å². The largest absolute Gasteiger partial charge is 0.481 e. The number of terminal acetylenes is 1. The molecule has 2 aliphatic heterocycles. The molecule has 2 heterocycles. The Labute approximate surface area is 326 Å². The van der Waals surface area contributed by atoms with Crippen molar-refractivity contribution in [3.05, 3.63) is 92.8 Å². The van der Waals surface area contributed by atoms with E-state index in [1.54, 1.807) is 25.6 Å². The zero-order valence-corrected chi connectivity index (χ0v) is 33.6. The molecule has 0 aromatic heterocycles. The number of anilines is 2. The molecule has 1 amide bonds. The molecule has 2 aliphatic carbocycles. The molecular formula is C43H46N2O5S3. The molecule has 0 radical (unpaired) electrons. The number of rotatable bonds is 12. The highest BCUT2D eigenvalue weighted by atomic mass is 32.2. The predicted octanol–water partition coefficient (Wildman–Crippen LogP) is 9.91. The second kappa shape index (κ2) is 14.3. The van der Waals surface area contributed by atoms with E-state index in [9.17, 15) is 24.6 Å². The van der Waals surface area contributed by atoms with Crippen LogP contribution in [0.5, 0.6) is 0 Å². The number of aliphatic carboxylic acids is 2. The summed E-state index contributed by atoms with van der Waals surface area (Å²) in [6, 6.07) is 13.4. The first kappa shape index (κ1) is 38.7. The number of hydrogen-bond donors (Lipinski definition) is 2. The number of benzene rings is 2. The highest BCUT2D eigenvalue weighted by Crippen LogP contribution is 2.55. The van der Waals surface area contributed by atoms with Gasteiger partial charge in [0.25, 0.3) is 5.91 Å². The Morgan fingerprint density at radius 2 is 1.87 bits per heavy atom. The quantitative estimate of drug-likeness (QED) is 0.0947. The summed E-state index contributed by atoms with van der Waals surface area (Å²) in [6.45, 7) is 16.0. The van der Waals surface area contributed by atoms with Crippen LogP contribution >= 0.6 is 35.7 Å². The molecule has 2 fully saturated rings. The van der Waals surface area contributed by atoms with Crippen LogP contribution in [0.15, 0.2) is 70.5 Å². The molecule has 7 nitrogen and oxygen atoms in total. The van der Waals surface area contributed by atoms with Gasteiger partial charge in [-0.3, -0.25) is 19.3 Å². The third kappa shape index (κ3) is 7.41. The smallest absolute Gasteiger partial charge is 0.323 e. The van der Waals surface area contributed by atoms with Crippen molar-refractivity contribution >= 4 is 80.9 Å². The van der Waals surface area contributed by atoms with Gasteiger partial charge >= 0.3 is 11.9 Å². The molecule has 2 aromatic rings. The molecule has 4 aliphatic rings. The fraction of sp³-hybridized carbons (Fsp3) is 0.395. The molecule has 2 N–H and O–H groups in total. The lowest BCUT2D eigenvalue weighted by molar-refractivity contribution is -0.147. The zero-order valence-electron chi connectivity index (χ0n) is 31.1. The first-order chi connectivity index (χ1) is 24.8. The van der Waals surface area contributed by atoms with E-state index in [2.05, 4.69) is 81.5 Å². The molecule has 10 heteroatoms. The van der Waals surface area contributed by atoms with Crippen LogP contribution in [-0.2, 0) is 19.8 Å². The van der Waals surface area contributed by atoms with E-state index in [1.807, 2.05) is 18.2 Å². The molecule has 2 aromatic carbocycles. The summed E-state index contributed by atoms with van der Waals surface area (Å²) in [5.41, 5.74) is 7.53. The van der Waals surface area contributed by atoms with Gasteiger partial charge in [-0.25, -0.2) is 0 Å². The lowest BCUT2D eigenvalue weighted by Crippen LogP contribution is -2.33. The first-order valence-corrected chi connectivity index (χ1v) is 19.9. The Balaban J connectivity index is 1.26. The first-order valence-electron chi connectivity index (χ1n) is 17.9. The number of carboxylic acid groups (broad SMARTS) is 2. The van der Waals surface area contributed by atoms with Crippen LogP contribution in [0.4, 0.5) is 11.4 Å². The maximum absolute atomic E-state index is 13.0. The van der Waals surface area contributed by atoms with Crippen molar-refractivity contribution < 1.29 is 24.6 Å². The Hall–Kier alpha value is -4.04. The summed E-state index contributed by atoms with van der Waals surface area (Å²) in [7, 11) is 0. The maximum atomic E-state index is 13.0. The summed E-state index contributed by atoms with van der Waals surface area (Å²) >= 11 is 8.10. The monoisotopic (exact) mass is 766 g/mol. The average Bonchev–Trinajstić information content (AvgIpc) is 3.79. The molecule has 6 rings (SSSR count). The van der Waals surface area contributed by atoms with Gasteiger partial charge in [-0.1, -0.05) is 88.8 Å². The number of thiocarbonyl (C=S) groups is 1. The molecular weight excluding hydrogens is 721 g/mol. The summed E-state index contributed by atoms with van der Waals surface area (Å²) in [6.07, 6.45) is 16.8. The number of carbonyl (C=O) groups excluding carboxylic acids is 1. The van der Waals surface area contributed by atoms with Gasteiger partial charge in [-0.2, -0.15) is 0 Å². The molecule has 1 saturated carbocycles. The van der Waals surface area contributed by atoms with Crippen molar-refractivity contribution in [2.75, 3.05) is 11.4 Å². The van der Waals surface area contributed by atoms with Gasteiger partial charge in [0.15, 0.2) is 0 Å². The fourth-order valence-corrected chi connectivity index (χ4v) is 10.3. The van der Waals surface area contributed by atoms with Crippen molar-refractivity contribution in [3.63, 3.8) is 0 Å². The van der Waals surface area contributed by atoms with Gasteiger partial charge in [0.05, 0.1) is 10.3 Å². The van der Waals surface area contributed by atoms with Crippen LogP contribution in [-0.4, -0.2) is 54.6 Å². The van der Waals surface area contributed by atoms with Gasteiger partial charge in [0.1, 0.15) is 10.9 Å². The van der Waals surface area contributed by atoms with Crippen molar-refractivity contribution in [1.82, 2.24) is 4.90 Å². The summed E-state index contributed by atoms with van der Waals surface area (Å²) in [4.78, 5) is 40.8. The Morgan fingerprint density at radius 3 is 2.55 bits per heavy atom. The Kier molecular flexibility index (Phi) is 10.4. The van der Waals surface area contributed by atoms with Crippen LogP contribution in [0, 0.1) is 17.8 Å². The zero-order chi connectivity index (χ0) is 38.6. The molecule has 2 atom stereocenters. The number of carboxylic acids is 2. The van der Waals surface area contributed by atoms with Crippen LogP contribution in [0.3, 0.4) is 0 Å². The van der Waals surface area contributed by atoms with Crippen LogP contribution < -0.4 is 4.90 Å². The Morgan fingerprint density at radius 1 is 1.13 bits per heavy atom. The van der Waals surface area contributed by atoms with Crippen LogP contribution in [0.1, 0.15) is 102 Å². The second-order valence-electron chi connectivity index (χ2n) is 16.1. The van der Waals surface area contributed by atoms with E-state index in [0.29, 0.717) is 23.3 Å². The summed E-state index contributed by atoms with van der Waals surface area (Å²) in [5, 5.41) is 18.8.